The minimum Gasteiger partial charge on any atom is -0.294 e. The molecule has 4 nitrogen and oxygen atoms in total. The van der Waals surface area contributed by atoms with Crippen molar-refractivity contribution in [3.05, 3.63) is 29.8 Å². The highest BCUT2D eigenvalue weighted by atomic mass is 32.2. The average molecular weight is 265 g/mol. The lowest BCUT2D eigenvalue weighted by atomic mass is 10.1. The van der Waals surface area contributed by atoms with Gasteiger partial charge < -0.3 is 0 Å². The van der Waals surface area contributed by atoms with Crippen LogP contribution in [-0.4, -0.2) is 20.2 Å². The maximum atomic E-state index is 11.9. The van der Waals surface area contributed by atoms with Gasteiger partial charge in [0.1, 0.15) is 0 Å². The predicted molar refractivity (Wildman–Crippen MR) is 69.7 cm³/mol. The quantitative estimate of drug-likeness (QED) is 0.649. The van der Waals surface area contributed by atoms with Crippen LogP contribution in [0.3, 0.4) is 0 Å². The van der Waals surface area contributed by atoms with Crippen molar-refractivity contribution in [2.75, 3.05) is 0 Å². The van der Waals surface area contributed by atoms with E-state index in [1.165, 1.54) is 18.2 Å². The summed E-state index contributed by atoms with van der Waals surface area (Å²) >= 11 is 0. The zero-order valence-electron chi connectivity index (χ0n) is 10.3. The molecule has 0 aromatic heterocycles. The number of benzene rings is 1. The Balaban J connectivity index is 3.11. The fraction of sp³-hybridized carbons (Fsp3) is 0.308. The standard InChI is InChI=1S/C13H15NO3S/c1-4-10(3)14-18(16,17)12-8-6-7-11(9-12)13(15)5-2/h1,6-10,14H,5H2,2-3H3. The molecule has 1 unspecified atom stereocenters. The number of nitrogens with one attached hydrogen (secondary N) is 1. The molecule has 96 valence electrons. The van der Waals surface area contributed by atoms with Crippen molar-refractivity contribution in [2.24, 2.45) is 0 Å². The van der Waals surface area contributed by atoms with Crippen LogP contribution < -0.4 is 4.72 Å². The third-order valence-corrected chi connectivity index (χ3v) is 3.91. The van der Waals surface area contributed by atoms with E-state index in [1.807, 2.05) is 0 Å². The lowest BCUT2D eigenvalue weighted by Crippen LogP contribution is -2.31. The van der Waals surface area contributed by atoms with Crippen LogP contribution in [0, 0.1) is 12.3 Å². The number of hydrogen-bond acceptors (Lipinski definition) is 3. The molecule has 0 spiro atoms. The molecular formula is C13H15NO3S. The second kappa shape index (κ2) is 5.80. The second-order valence-corrected chi connectivity index (χ2v) is 5.53. The normalized spacial score (nSPS) is 12.7. The number of sulfonamides is 1. The number of terminal acetylenes is 1. The van der Waals surface area contributed by atoms with Gasteiger partial charge in [0.15, 0.2) is 5.78 Å². The van der Waals surface area contributed by atoms with E-state index in [4.69, 9.17) is 6.42 Å². The monoisotopic (exact) mass is 265 g/mol. The van der Waals surface area contributed by atoms with Crippen molar-refractivity contribution in [3.8, 4) is 12.3 Å². The highest BCUT2D eigenvalue weighted by Crippen LogP contribution is 2.13. The van der Waals surface area contributed by atoms with E-state index >= 15 is 0 Å². The van der Waals surface area contributed by atoms with Crippen LogP contribution in [-0.2, 0) is 10.0 Å². The molecule has 0 aliphatic heterocycles. The molecule has 1 rings (SSSR count). The number of rotatable bonds is 5. The minimum absolute atomic E-state index is 0.0453. The van der Waals surface area contributed by atoms with Crippen LogP contribution in [0.25, 0.3) is 0 Å². The van der Waals surface area contributed by atoms with Gasteiger partial charge in [-0.15, -0.1) is 6.42 Å². The van der Waals surface area contributed by atoms with Gasteiger partial charge >= 0.3 is 0 Å². The summed E-state index contributed by atoms with van der Waals surface area (Å²) in [4.78, 5) is 11.6. The molecule has 0 saturated carbocycles. The Morgan fingerprint density at radius 2 is 2.17 bits per heavy atom. The van der Waals surface area contributed by atoms with Gasteiger partial charge in [-0.3, -0.25) is 4.79 Å². The summed E-state index contributed by atoms with van der Waals surface area (Å²) < 4.78 is 26.2. The third-order valence-electron chi connectivity index (χ3n) is 2.37. The van der Waals surface area contributed by atoms with E-state index in [9.17, 15) is 13.2 Å². The van der Waals surface area contributed by atoms with Gasteiger partial charge in [-0.2, -0.15) is 4.72 Å². The van der Waals surface area contributed by atoms with Crippen LogP contribution in [0.4, 0.5) is 0 Å². The first kappa shape index (κ1) is 14.4. The van der Waals surface area contributed by atoms with Gasteiger partial charge in [-0.1, -0.05) is 25.0 Å². The topological polar surface area (TPSA) is 63.2 Å². The molecule has 0 saturated heterocycles. The molecule has 0 radical (unpaired) electrons. The largest absolute Gasteiger partial charge is 0.294 e. The first-order valence-electron chi connectivity index (χ1n) is 5.52. The molecule has 0 amide bonds. The summed E-state index contributed by atoms with van der Waals surface area (Å²) in [6.45, 7) is 3.29. The second-order valence-electron chi connectivity index (χ2n) is 3.81. The van der Waals surface area contributed by atoms with E-state index < -0.39 is 16.1 Å². The number of hydrogen-bond donors (Lipinski definition) is 1. The smallest absolute Gasteiger partial charge is 0.241 e. The lowest BCUT2D eigenvalue weighted by molar-refractivity contribution is 0.0988. The first-order valence-corrected chi connectivity index (χ1v) is 7.00. The molecule has 0 aliphatic rings. The maximum Gasteiger partial charge on any atom is 0.241 e. The third kappa shape index (κ3) is 3.42. The Morgan fingerprint density at radius 1 is 1.50 bits per heavy atom. The predicted octanol–water partition coefficient (Wildman–Crippen LogP) is 1.58. The molecule has 0 bridgehead atoms. The van der Waals surface area contributed by atoms with Gasteiger partial charge in [0.25, 0.3) is 0 Å². The zero-order valence-corrected chi connectivity index (χ0v) is 11.1. The van der Waals surface area contributed by atoms with E-state index in [0.717, 1.165) is 0 Å². The maximum absolute atomic E-state index is 11.9. The molecule has 1 atom stereocenters. The first-order chi connectivity index (χ1) is 8.40. The molecule has 1 N–H and O–H groups in total. The fourth-order valence-electron chi connectivity index (χ4n) is 1.38. The van der Waals surface area contributed by atoms with Crippen molar-refractivity contribution >= 4 is 15.8 Å². The van der Waals surface area contributed by atoms with Crippen LogP contribution in [0.5, 0.6) is 0 Å². The van der Waals surface area contributed by atoms with Crippen LogP contribution in [0.15, 0.2) is 29.2 Å². The Morgan fingerprint density at radius 3 is 2.72 bits per heavy atom. The van der Waals surface area contributed by atoms with Crippen molar-refractivity contribution in [1.82, 2.24) is 4.72 Å². The highest BCUT2D eigenvalue weighted by molar-refractivity contribution is 7.89. The summed E-state index contributed by atoms with van der Waals surface area (Å²) in [5.41, 5.74) is 0.383. The van der Waals surface area contributed by atoms with Gasteiger partial charge in [0.2, 0.25) is 10.0 Å². The van der Waals surface area contributed by atoms with E-state index in [0.29, 0.717) is 12.0 Å². The SMILES string of the molecule is C#CC(C)NS(=O)(=O)c1cccc(C(=O)CC)c1. The molecule has 0 aliphatic carbocycles. The highest BCUT2D eigenvalue weighted by Gasteiger charge is 2.17. The number of Topliss-reactive ketones (excluding diaryl/α,β-unsaturated/α-hetero) is 1. The van der Waals surface area contributed by atoms with Gasteiger partial charge in [-0.05, 0) is 19.1 Å². The molecule has 18 heavy (non-hydrogen) atoms. The van der Waals surface area contributed by atoms with E-state index in [1.54, 1.807) is 19.9 Å². The molecule has 0 fully saturated rings. The summed E-state index contributed by atoms with van der Waals surface area (Å²) in [7, 11) is -3.68. The van der Waals surface area contributed by atoms with Crippen molar-refractivity contribution in [2.45, 2.75) is 31.2 Å². The van der Waals surface area contributed by atoms with E-state index in [2.05, 4.69) is 10.6 Å². The van der Waals surface area contributed by atoms with Crippen LogP contribution in [0.2, 0.25) is 0 Å². The van der Waals surface area contributed by atoms with E-state index in [-0.39, 0.29) is 10.7 Å². The number of carbonyl (C=O) groups is 1. The summed E-state index contributed by atoms with van der Waals surface area (Å²) in [5, 5.41) is 0. The van der Waals surface area contributed by atoms with Crippen LogP contribution in [0.1, 0.15) is 30.6 Å². The number of carbonyl (C=O) groups excluding carboxylic acids is 1. The summed E-state index contributed by atoms with van der Waals surface area (Å²) in [6, 6.07) is 5.32. The zero-order chi connectivity index (χ0) is 13.8. The summed E-state index contributed by atoms with van der Waals surface area (Å²) in [6.07, 6.45) is 5.46. The van der Waals surface area contributed by atoms with Crippen molar-refractivity contribution in [3.63, 3.8) is 0 Å². The van der Waals surface area contributed by atoms with Gasteiger partial charge in [-0.25, -0.2) is 8.42 Å². The molecule has 1 aromatic rings. The molecule has 5 heteroatoms. The lowest BCUT2D eigenvalue weighted by Gasteiger charge is -2.09. The van der Waals surface area contributed by atoms with Gasteiger partial charge in [0.05, 0.1) is 10.9 Å². The Bertz CT molecular complexity index is 584. The molecule has 0 heterocycles. The Labute approximate surface area is 107 Å². The van der Waals surface area contributed by atoms with Crippen LogP contribution >= 0.6 is 0 Å². The van der Waals surface area contributed by atoms with Crippen molar-refractivity contribution < 1.29 is 13.2 Å². The molecular weight excluding hydrogens is 250 g/mol. The Hall–Kier alpha value is -1.64. The van der Waals surface area contributed by atoms with Crippen molar-refractivity contribution in [1.29, 1.82) is 0 Å². The molecule has 1 aromatic carbocycles. The fourth-order valence-corrected chi connectivity index (χ4v) is 2.59. The van der Waals surface area contributed by atoms with Gasteiger partial charge in [0, 0.05) is 12.0 Å². The Kier molecular flexibility index (Phi) is 4.65. The summed E-state index contributed by atoms with van der Waals surface area (Å²) in [5.74, 6) is 2.18. The average Bonchev–Trinajstić information content (AvgIpc) is 2.37. The number of ketones is 1. The minimum atomic E-state index is -3.68.